The topological polar surface area (TPSA) is 93.8 Å². The first-order valence-corrected chi connectivity index (χ1v) is 8.75. The molecule has 0 spiro atoms. The Hall–Kier alpha value is -3.48. The zero-order chi connectivity index (χ0) is 19.0. The van der Waals surface area contributed by atoms with E-state index in [9.17, 15) is 9.59 Å². The van der Waals surface area contributed by atoms with Crippen molar-refractivity contribution in [3.8, 4) is 22.8 Å². The summed E-state index contributed by atoms with van der Waals surface area (Å²) in [5.41, 5.74) is 2.67. The Morgan fingerprint density at radius 1 is 1.15 bits per heavy atom. The summed E-state index contributed by atoms with van der Waals surface area (Å²) in [7, 11) is 0. The third kappa shape index (κ3) is 2.97. The Morgan fingerprint density at radius 3 is 2.74 bits per heavy atom. The zero-order valence-corrected chi connectivity index (χ0v) is 15.0. The van der Waals surface area contributed by atoms with Gasteiger partial charge in [-0.25, -0.2) is 0 Å². The van der Waals surface area contributed by atoms with Crippen LogP contribution in [0.4, 0.5) is 0 Å². The minimum absolute atomic E-state index is 0.421. The van der Waals surface area contributed by atoms with Crippen molar-refractivity contribution in [1.82, 2.24) is 19.7 Å². The van der Waals surface area contributed by atoms with Crippen molar-refractivity contribution in [2.45, 2.75) is 26.8 Å². The van der Waals surface area contributed by atoms with Crippen molar-refractivity contribution in [2.24, 2.45) is 0 Å². The number of rotatable bonds is 4. The number of H-pyrrole nitrogens is 1. The number of aromatic amines is 1. The molecular weight excluding hydrogens is 344 g/mol. The second-order valence-electron chi connectivity index (χ2n) is 6.38. The number of nitrogens with zero attached hydrogens (tertiary/aromatic N) is 3. The standard InChI is InChI=1S/C20H18N4O3/c1-3-10-24-16-9-8-13(11-15(16)21-18(25)20(24)26)17-22-19(27-23-17)14-7-5-4-6-12(14)2/h4-9,11H,3,10H2,1-2H3,(H,21,25). The van der Waals surface area contributed by atoms with Gasteiger partial charge in [0.15, 0.2) is 0 Å². The first kappa shape index (κ1) is 17.0. The molecular formula is C20H18N4O3. The number of aromatic nitrogens is 4. The molecule has 0 unspecified atom stereocenters. The monoisotopic (exact) mass is 362 g/mol. The van der Waals surface area contributed by atoms with Crippen LogP contribution in [0, 0.1) is 6.92 Å². The molecule has 7 heteroatoms. The average molecular weight is 362 g/mol. The molecule has 4 aromatic rings. The fraction of sp³-hybridized carbons (Fsp3) is 0.200. The molecule has 0 fully saturated rings. The first-order valence-electron chi connectivity index (χ1n) is 8.75. The lowest BCUT2D eigenvalue weighted by atomic mass is 10.1. The minimum Gasteiger partial charge on any atom is -0.334 e. The lowest BCUT2D eigenvalue weighted by Gasteiger charge is -2.08. The molecule has 136 valence electrons. The fourth-order valence-electron chi connectivity index (χ4n) is 3.13. The lowest BCUT2D eigenvalue weighted by molar-refractivity contribution is 0.432. The fourth-order valence-corrected chi connectivity index (χ4v) is 3.13. The van der Waals surface area contributed by atoms with Gasteiger partial charge in [-0.1, -0.05) is 30.3 Å². The third-order valence-electron chi connectivity index (χ3n) is 4.48. The molecule has 0 aliphatic carbocycles. The van der Waals surface area contributed by atoms with Crippen LogP contribution in [0.5, 0.6) is 0 Å². The Labute approximate surface area is 154 Å². The largest absolute Gasteiger partial charge is 0.334 e. The molecule has 0 aliphatic rings. The molecule has 2 aromatic carbocycles. The maximum Gasteiger partial charge on any atom is 0.316 e. The predicted octanol–water partition coefficient (Wildman–Crippen LogP) is 3.13. The van der Waals surface area contributed by atoms with E-state index in [1.165, 1.54) is 4.57 Å². The van der Waals surface area contributed by atoms with E-state index in [4.69, 9.17) is 4.52 Å². The van der Waals surface area contributed by atoms with Crippen molar-refractivity contribution >= 4 is 11.0 Å². The van der Waals surface area contributed by atoms with Crippen LogP contribution in [-0.2, 0) is 6.54 Å². The summed E-state index contributed by atoms with van der Waals surface area (Å²) in [6.07, 6.45) is 0.755. The Bertz CT molecular complexity index is 1250. The van der Waals surface area contributed by atoms with E-state index in [0.29, 0.717) is 34.9 Å². The van der Waals surface area contributed by atoms with Crippen LogP contribution in [0.2, 0.25) is 0 Å². The van der Waals surface area contributed by atoms with Crippen LogP contribution in [-0.4, -0.2) is 19.7 Å². The molecule has 0 atom stereocenters. The molecule has 0 radical (unpaired) electrons. The lowest BCUT2D eigenvalue weighted by Crippen LogP contribution is -2.36. The second kappa shape index (κ2) is 6.68. The summed E-state index contributed by atoms with van der Waals surface area (Å²) in [5, 5.41) is 4.06. The minimum atomic E-state index is -0.637. The predicted molar refractivity (Wildman–Crippen MR) is 103 cm³/mol. The quantitative estimate of drug-likeness (QED) is 0.563. The third-order valence-corrected chi connectivity index (χ3v) is 4.48. The summed E-state index contributed by atoms with van der Waals surface area (Å²) in [6.45, 7) is 4.42. The second-order valence-corrected chi connectivity index (χ2v) is 6.38. The van der Waals surface area contributed by atoms with Crippen LogP contribution < -0.4 is 11.1 Å². The van der Waals surface area contributed by atoms with Gasteiger partial charge >= 0.3 is 11.1 Å². The van der Waals surface area contributed by atoms with Crippen LogP contribution in [0.1, 0.15) is 18.9 Å². The van der Waals surface area contributed by atoms with Crippen molar-refractivity contribution < 1.29 is 4.52 Å². The van der Waals surface area contributed by atoms with Crippen LogP contribution in [0.25, 0.3) is 33.9 Å². The molecule has 0 amide bonds. The van der Waals surface area contributed by atoms with Gasteiger partial charge in [0, 0.05) is 17.7 Å². The van der Waals surface area contributed by atoms with E-state index in [2.05, 4.69) is 15.1 Å². The maximum absolute atomic E-state index is 12.1. The summed E-state index contributed by atoms with van der Waals surface area (Å²) < 4.78 is 6.91. The van der Waals surface area contributed by atoms with Gasteiger partial charge < -0.3 is 14.1 Å². The average Bonchev–Trinajstić information content (AvgIpc) is 3.15. The molecule has 0 saturated carbocycles. The number of fused-ring (bicyclic) bond motifs is 1. The van der Waals surface area contributed by atoms with Crippen LogP contribution >= 0.6 is 0 Å². The van der Waals surface area contributed by atoms with Crippen LogP contribution in [0.15, 0.2) is 56.6 Å². The summed E-state index contributed by atoms with van der Waals surface area (Å²) in [5.74, 6) is 0.858. The molecule has 0 bridgehead atoms. The van der Waals surface area contributed by atoms with E-state index in [1.54, 1.807) is 12.1 Å². The smallest absolute Gasteiger partial charge is 0.316 e. The number of aryl methyl sites for hydroxylation is 2. The van der Waals surface area contributed by atoms with Crippen molar-refractivity contribution in [2.75, 3.05) is 0 Å². The highest BCUT2D eigenvalue weighted by molar-refractivity contribution is 5.80. The van der Waals surface area contributed by atoms with Gasteiger partial charge in [0.25, 0.3) is 5.89 Å². The number of benzene rings is 2. The molecule has 2 aromatic heterocycles. The Morgan fingerprint density at radius 2 is 1.96 bits per heavy atom. The van der Waals surface area contributed by atoms with Gasteiger partial charge in [-0.15, -0.1) is 0 Å². The normalized spacial score (nSPS) is 11.2. The SMILES string of the molecule is CCCn1c(=O)c(=O)[nH]c2cc(-c3noc(-c4ccccc4C)n3)ccc21. The summed E-state index contributed by atoms with van der Waals surface area (Å²) in [4.78, 5) is 31.2. The van der Waals surface area contributed by atoms with Crippen molar-refractivity contribution in [1.29, 1.82) is 0 Å². The van der Waals surface area contributed by atoms with Gasteiger partial charge in [0.05, 0.1) is 11.0 Å². The van der Waals surface area contributed by atoms with E-state index in [1.807, 2.05) is 44.2 Å². The molecule has 0 aliphatic heterocycles. The Kier molecular flexibility index (Phi) is 4.19. The molecule has 2 heterocycles. The number of nitrogens with one attached hydrogen (secondary N) is 1. The molecule has 1 N–H and O–H groups in total. The highest BCUT2D eigenvalue weighted by Crippen LogP contribution is 2.25. The van der Waals surface area contributed by atoms with E-state index < -0.39 is 11.1 Å². The van der Waals surface area contributed by atoms with Gasteiger partial charge in [-0.2, -0.15) is 4.98 Å². The number of hydrogen-bond donors (Lipinski definition) is 1. The van der Waals surface area contributed by atoms with Gasteiger partial charge in [-0.05, 0) is 43.2 Å². The van der Waals surface area contributed by atoms with Gasteiger partial charge in [0.1, 0.15) is 0 Å². The van der Waals surface area contributed by atoms with Crippen molar-refractivity contribution in [3.63, 3.8) is 0 Å². The highest BCUT2D eigenvalue weighted by atomic mass is 16.5. The number of hydrogen-bond acceptors (Lipinski definition) is 5. The van der Waals surface area contributed by atoms with Crippen molar-refractivity contribution in [3.05, 3.63) is 68.7 Å². The van der Waals surface area contributed by atoms with Crippen LogP contribution in [0.3, 0.4) is 0 Å². The van der Waals surface area contributed by atoms with E-state index in [0.717, 1.165) is 17.5 Å². The first-order chi connectivity index (χ1) is 13.1. The highest BCUT2D eigenvalue weighted by Gasteiger charge is 2.14. The summed E-state index contributed by atoms with van der Waals surface area (Å²) >= 11 is 0. The van der Waals surface area contributed by atoms with Gasteiger partial charge in [-0.3, -0.25) is 9.59 Å². The summed E-state index contributed by atoms with van der Waals surface area (Å²) in [6, 6.07) is 13.1. The molecule has 4 rings (SSSR count). The van der Waals surface area contributed by atoms with E-state index >= 15 is 0 Å². The Balaban J connectivity index is 1.82. The maximum atomic E-state index is 12.1. The molecule has 7 nitrogen and oxygen atoms in total. The van der Waals surface area contributed by atoms with E-state index in [-0.39, 0.29) is 0 Å². The van der Waals surface area contributed by atoms with Gasteiger partial charge in [0.2, 0.25) is 5.82 Å². The molecule has 27 heavy (non-hydrogen) atoms. The zero-order valence-electron chi connectivity index (χ0n) is 15.0. The molecule has 0 saturated heterocycles.